The van der Waals surface area contributed by atoms with E-state index in [1.165, 1.54) is 0 Å². The molecule has 0 N–H and O–H groups in total. The van der Waals surface area contributed by atoms with E-state index in [2.05, 4.69) is 5.32 Å². The molecule has 0 atom stereocenters. The molecule has 6 heavy (non-hydrogen) atoms. The standard InChI is InChI=1S/C3H8N.CH4.Y/c1-3-4-2;;/h3H2,1-2H3;1H4;/q-1;;. The molecule has 1 radical (unpaired) electrons. The summed E-state index contributed by atoms with van der Waals surface area (Å²) in [6.07, 6.45) is 0. The summed E-state index contributed by atoms with van der Waals surface area (Å²) in [6, 6.07) is 0. The average molecular weight is 163 g/mol. The molecule has 0 heterocycles. The van der Waals surface area contributed by atoms with Gasteiger partial charge in [-0.05, 0) is 0 Å². The fourth-order valence-electron chi connectivity index (χ4n) is 0. The van der Waals surface area contributed by atoms with Crippen molar-refractivity contribution in [3.8, 4) is 0 Å². The van der Waals surface area contributed by atoms with Gasteiger partial charge in [-0.1, -0.05) is 14.4 Å². The molecule has 0 aromatic heterocycles. The van der Waals surface area contributed by atoms with E-state index in [-0.39, 0.29) is 40.1 Å². The van der Waals surface area contributed by atoms with Crippen LogP contribution in [0.4, 0.5) is 0 Å². The third kappa shape index (κ3) is 19.6. The van der Waals surface area contributed by atoms with E-state index in [1.54, 1.807) is 7.05 Å². The molecule has 37 valence electrons. The first kappa shape index (κ1) is 15.7. The van der Waals surface area contributed by atoms with Crippen LogP contribution in [0, 0.1) is 0 Å². The first-order chi connectivity index (χ1) is 1.91. The molecule has 0 bridgehead atoms. The Morgan fingerprint density at radius 1 is 1.50 bits per heavy atom. The molecule has 0 aliphatic rings. The molecule has 2 heteroatoms. The van der Waals surface area contributed by atoms with Crippen molar-refractivity contribution in [2.45, 2.75) is 14.4 Å². The smallest absolute Gasteiger partial charge is 0 e. The van der Waals surface area contributed by atoms with Gasteiger partial charge in [-0.2, -0.15) is 13.6 Å². The van der Waals surface area contributed by atoms with E-state index < -0.39 is 0 Å². The zero-order valence-electron chi connectivity index (χ0n) is 3.73. The van der Waals surface area contributed by atoms with Crippen LogP contribution in [0.3, 0.4) is 0 Å². The summed E-state index contributed by atoms with van der Waals surface area (Å²) < 4.78 is 0. The molecule has 0 fully saturated rings. The SMILES string of the molecule is C.CC[N-]C.[Y]. The summed E-state index contributed by atoms with van der Waals surface area (Å²) in [4.78, 5) is 0. The van der Waals surface area contributed by atoms with Crippen molar-refractivity contribution in [2.75, 3.05) is 13.6 Å². The third-order valence-corrected chi connectivity index (χ3v) is 0.316. The second kappa shape index (κ2) is 16.6. The van der Waals surface area contributed by atoms with Gasteiger partial charge in [0, 0.05) is 32.7 Å². The van der Waals surface area contributed by atoms with Gasteiger partial charge < -0.3 is 5.32 Å². The van der Waals surface area contributed by atoms with Crippen LogP contribution in [-0.2, 0) is 32.7 Å². The van der Waals surface area contributed by atoms with Crippen molar-refractivity contribution in [3.63, 3.8) is 0 Å². The largest absolute Gasteiger partial charge is 0.665 e. The van der Waals surface area contributed by atoms with Crippen molar-refractivity contribution < 1.29 is 32.7 Å². The van der Waals surface area contributed by atoms with Crippen LogP contribution < -0.4 is 0 Å². The molecule has 0 saturated heterocycles. The topological polar surface area (TPSA) is 14.1 Å². The van der Waals surface area contributed by atoms with E-state index >= 15 is 0 Å². The average Bonchev–Trinajstić information content (AvgIpc) is 1.37. The van der Waals surface area contributed by atoms with Gasteiger partial charge in [0.15, 0.2) is 0 Å². The van der Waals surface area contributed by atoms with Gasteiger partial charge in [0.25, 0.3) is 0 Å². The van der Waals surface area contributed by atoms with Crippen LogP contribution in [0.2, 0.25) is 0 Å². The fourth-order valence-corrected chi connectivity index (χ4v) is 0. The Morgan fingerprint density at radius 2 is 1.67 bits per heavy atom. The van der Waals surface area contributed by atoms with Crippen LogP contribution in [0.1, 0.15) is 14.4 Å². The minimum atomic E-state index is 0. The van der Waals surface area contributed by atoms with Gasteiger partial charge in [0.05, 0.1) is 0 Å². The van der Waals surface area contributed by atoms with Crippen LogP contribution in [0.15, 0.2) is 0 Å². The number of hydrogen-bond acceptors (Lipinski definition) is 0. The van der Waals surface area contributed by atoms with Gasteiger partial charge in [0.1, 0.15) is 0 Å². The van der Waals surface area contributed by atoms with Crippen molar-refractivity contribution in [1.82, 2.24) is 0 Å². The van der Waals surface area contributed by atoms with Crippen LogP contribution in [0.25, 0.3) is 5.32 Å². The second-order valence-corrected chi connectivity index (χ2v) is 0.632. The van der Waals surface area contributed by atoms with E-state index in [1.807, 2.05) is 6.92 Å². The number of rotatable bonds is 1. The summed E-state index contributed by atoms with van der Waals surface area (Å²) in [5, 5.41) is 3.74. The van der Waals surface area contributed by atoms with Gasteiger partial charge in [-0.15, -0.1) is 0 Å². The summed E-state index contributed by atoms with van der Waals surface area (Å²) in [6.45, 7) is 2.96. The Balaban J connectivity index is -0.0000000450. The van der Waals surface area contributed by atoms with Crippen molar-refractivity contribution in [3.05, 3.63) is 5.32 Å². The Bertz CT molecular complexity index is 9.51. The molecule has 0 aromatic carbocycles. The predicted octanol–water partition coefficient (Wildman–Crippen LogP) is 1.64. The fraction of sp³-hybridized carbons (Fsp3) is 1.00. The molecule has 0 spiro atoms. The van der Waals surface area contributed by atoms with Crippen molar-refractivity contribution in [1.29, 1.82) is 0 Å². The first-order valence-electron chi connectivity index (χ1n) is 1.47. The van der Waals surface area contributed by atoms with Gasteiger partial charge in [-0.3, -0.25) is 0 Å². The maximum atomic E-state index is 3.74. The maximum absolute atomic E-state index is 3.74. The summed E-state index contributed by atoms with van der Waals surface area (Å²) in [5.41, 5.74) is 0. The van der Waals surface area contributed by atoms with Crippen LogP contribution in [0.5, 0.6) is 0 Å². The molecular formula is C4H12NY-. The van der Waals surface area contributed by atoms with E-state index in [0.29, 0.717) is 0 Å². The second-order valence-electron chi connectivity index (χ2n) is 0.632. The number of hydrogen-bond donors (Lipinski definition) is 0. The van der Waals surface area contributed by atoms with Crippen molar-refractivity contribution in [2.24, 2.45) is 0 Å². The Hall–Kier alpha value is 1.06. The van der Waals surface area contributed by atoms with E-state index in [4.69, 9.17) is 0 Å². The Kier molecular flexibility index (Phi) is 43.4. The summed E-state index contributed by atoms with van der Waals surface area (Å²) in [7, 11) is 1.81. The monoisotopic (exact) mass is 163 g/mol. The molecular weight excluding hydrogens is 151 g/mol. The van der Waals surface area contributed by atoms with Crippen LogP contribution in [-0.4, -0.2) is 13.6 Å². The molecule has 0 unspecified atom stereocenters. The van der Waals surface area contributed by atoms with Gasteiger partial charge >= 0.3 is 0 Å². The molecule has 0 aliphatic carbocycles. The molecule has 0 rings (SSSR count). The van der Waals surface area contributed by atoms with Gasteiger partial charge in [0.2, 0.25) is 0 Å². The first-order valence-corrected chi connectivity index (χ1v) is 1.47. The Morgan fingerprint density at radius 3 is 1.67 bits per heavy atom. The Labute approximate surface area is 65.8 Å². The predicted molar refractivity (Wildman–Crippen MR) is 26.6 cm³/mol. The molecule has 0 amide bonds. The molecule has 1 nitrogen and oxygen atoms in total. The molecule has 0 aliphatic heterocycles. The maximum Gasteiger partial charge on any atom is 0 e. The quantitative estimate of drug-likeness (QED) is 0.557. The van der Waals surface area contributed by atoms with Crippen molar-refractivity contribution >= 4 is 0 Å². The normalized spacial score (nSPS) is 5.00. The summed E-state index contributed by atoms with van der Waals surface area (Å²) in [5.74, 6) is 0. The minimum absolute atomic E-state index is 0. The summed E-state index contributed by atoms with van der Waals surface area (Å²) >= 11 is 0. The van der Waals surface area contributed by atoms with Gasteiger partial charge in [-0.25, -0.2) is 0 Å². The van der Waals surface area contributed by atoms with E-state index in [9.17, 15) is 0 Å². The third-order valence-electron chi connectivity index (χ3n) is 0.316. The molecule has 0 aromatic rings. The minimum Gasteiger partial charge on any atom is -0.665 e. The number of nitrogens with zero attached hydrogens (tertiary/aromatic N) is 1. The van der Waals surface area contributed by atoms with E-state index in [0.717, 1.165) is 6.54 Å². The molecule has 0 saturated carbocycles. The van der Waals surface area contributed by atoms with Crippen LogP contribution >= 0.6 is 0 Å². The zero-order chi connectivity index (χ0) is 3.41. The zero-order valence-corrected chi connectivity index (χ0v) is 6.57.